The number of para-hydroxylation sites is 1. The summed E-state index contributed by atoms with van der Waals surface area (Å²) in [5, 5.41) is 12.2. The van der Waals surface area contributed by atoms with Crippen molar-refractivity contribution < 1.29 is 14.6 Å². The summed E-state index contributed by atoms with van der Waals surface area (Å²) in [5.41, 5.74) is 0. The number of carbonyl (C=O) groups excluding carboxylic acids is 1. The number of nitrogens with one attached hydrogen (secondary N) is 1. The number of aliphatic hydroxyl groups is 1. The monoisotopic (exact) mass is 277 g/mol. The normalized spacial score (nSPS) is 21.6. The summed E-state index contributed by atoms with van der Waals surface area (Å²) in [4.78, 5) is 11.7. The van der Waals surface area contributed by atoms with Gasteiger partial charge in [-0.25, -0.2) is 0 Å². The van der Waals surface area contributed by atoms with Gasteiger partial charge in [-0.05, 0) is 36.8 Å². The van der Waals surface area contributed by atoms with Gasteiger partial charge in [-0.15, -0.1) is 0 Å². The Morgan fingerprint density at radius 1 is 1.25 bits per heavy atom. The Hall–Kier alpha value is -1.55. The Kier molecular flexibility index (Phi) is 5.87. The first-order chi connectivity index (χ1) is 9.79. The van der Waals surface area contributed by atoms with Gasteiger partial charge in [0.1, 0.15) is 5.75 Å². The van der Waals surface area contributed by atoms with Gasteiger partial charge in [-0.2, -0.15) is 0 Å². The minimum atomic E-state index is 0.0181. The number of hydrogen-bond donors (Lipinski definition) is 2. The second kappa shape index (κ2) is 7.90. The lowest BCUT2D eigenvalue weighted by atomic mass is 9.97. The number of ether oxygens (including phenoxy) is 1. The zero-order chi connectivity index (χ0) is 14.2. The third-order valence-corrected chi connectivity index (χ3v) is 3.95. The van der Waals surface area contributed by atoms with Gasteiger partial charge >= 0.3 is 0 Å². The molecule has 0 bridgehead atoms. The molecule has 4 nitrogen and oxygen atoms in total. The molecule has 0 radical (unpaired) electrons. The quantitative estimate of drug-likeness (QED) is 0.801. The highest BCUT2D eigenvalue weighted by Gasteiger charge is 2.26. The summed E-state index contributed by atoms with van der Waals surface area (Å²) in [6.07, 6.45) is 3.70. The lowest BCUT2D eigenvalue weighted by Gasteiger charge is -2.17. The molecule has 110 valence electrons. The average Bonchev–Trinajstić information content (AvgIpc) is 2.94. The fraction of sp³-hybridized carbons (Fsp3) is 0.562. The maximum Gasteiger partial charge on any atom is 0.223 e. The van der Waals surface area contributed by atoms with Gasteiger partial charge in [0, 0.05) is 13.2 Å². The molecule has 1 fully saturated rings. The molecular formula is C16H23NO3. The molecule has 2 unspecified atom stereocenters. The Morgan fingerprint density at radius 2 is 2.00 bits per heavy atom. The largest absolute Gasteiger partial charge is 0.493 e. The third-order valence-electron chi connectivity index (χ3n) is 3.95. The summed E-state index contributed by atoms with van der Waals surface area (Å²) in [7, 11) is 0. The van der Waals surface area contributed by atoms with E-state index < -0.39 is 0 Å². The van der Waals surface area contributed by atoms with E-state index in [-0.39, 0.29) is 12.5 Å². The highest BCUT2D eigenvalue weighted by atomic mass is 16.5. The van der Waals surface area contributed by atoms with Crippen molar-refractivity contribution >= 4 is 5.91 Å². The molecule has 2 rings (SSSR count). The van der Waals surface area contributed by atoms with E-state index in [1.54, 1.807) is 0 Å². The van der Waals surface area contributed by atoms with Crippen molar-refractivity contribution in [1.82, 2.24) is 5.32 Å². The van der Waals surface area contributed by atoms with Crippen LogP contribution in [0.25, 0.3) is 0 Å². The van der Waals surface area contributed by atoms with Crippen LogP contribution in [0.4, 0.5) is 0 Å². The molecule has 1 amide bonds. The van der Waals surface area contributed by atoms with Crippen molar-refractivity contribution in [2.24, 2.45) is 11.8 Å². The van der Waals surface area contributed by atoms with Crippen LogP contribution >= 0.6 is 0 Å². The molecule has 0 saturated heterocycles. The molecule has 1 aliphatic carbocycles. The third kappa shape index (κ3) is 4.53. The number of carbonyl (C=O) groups is 1. The van der Waals surface area contributed by atoms with Gasteiger partial charge in [0.2, 0.25) is 5.91 Å². The van der Waals surface area contributed by atoms with Crippen molar-refractivity contribution in [2.75, 3.05) is 19.8 Å². The maximum atomic E-state index is 11.7. The van der Waals surface area contributed by atoms with Crippen LogP contribution in [0, 0.1) is 11.8 Å². The van der Waals surface area contributed by atoms with E-state index in [1.807, 2.05) is 30.3 Å². The summed E-state index contributed by atoms with van der Waals surface area (Å²) < 4.78 is 5.49. The van der Waals surface area contributed by atoms with Crippen molar-refractivity contribution in [3.8, 4) is 5.75 Å². The summed E-state index contributed by atoms with van der Waals surface area (Å²) in [6.45, 7) is 1.30. The SMILES string of the molecule is O=C(CCOc1ccccc1)NCC1CCCC1CO. The lowest BCUT2D eigenvalue weighted by Crippen LogP contribution is -2.32. The van der Waals surface area contributed by atoms with Gasteiger partial charge in [0.25, 0.3) is 0 Å². The molecule has 1 aromatic carbocycles. The molecule has 2 N–H and O–H groups in total. The molecule has 1 saturated carbocycles. The predicted molar refractivity (Wildman–Crippen MR) is 77.5 cm³/mol. The van der Waals surface area contributed by atoms with E-state index in [1.165, 1.54) is 0 Å². The smallest absolute Gasteiger partial charge is 0.223 e. The predicted octanol–water partition coefficient (Wildman–Crippen LogP) is 1.98. The van der Waals surface area contributed by atoms with Crippen LogP contribution in [0.2, 0.25) is 0 Å². The van der Waals surface area contributed by atoms with Crippen molar-refractivity contribution in [2.45, 2.75) is 25.7 Å². The van der Waals surface area contributed by atoms with Gasteiger partial charge < -0.3 is 15.2 Å². The van der Waals surface area contributed by atoms with E-state index in [0.717, 1.165) is 25.0 Å². The van der Waals surface area contributed by atoms with Crippen LogP contribution in [-0.2, 0) is 4.79 Å². The number of benzene rings is 1. The first kappa shape index (κ1) is 14.9. The van der Waals surface area contributed by atoms with Gasteiger partial charge in [-0.1, -0.05) is 24.6 Å². The van der Waals surface area contributed by atoms with E-state index in [2.05, 4.69) is 5.32 Å². The number of amides is 1. The molecule has 0 aromatic heterocycles. The Bertz CT molecular complexity index is 407. The second-order valence-electron chi connectivity index (χ2n) is 5.35. The molecular weight excluding hydrogens is 254 g/mol. The van der Waals surface area contributed by atoms with Crippen LogP contribution < -0.4 is 10.1 Å². The summed E-state index contributed by atoms with van der Waals surface area (Å²) in [5.74, 6) is 1.59. The van der Waals surface area contributed by atoms with Crippen LogP contribution in [0.1, 0.15) is 25.7 Å². The fourth-order valence-electron chi connectivity index (χ4n) is 2.73. The zero-order valence-electron chi connectivity index (χ0n) is 11.8. The molecule has 20 heavy (non-hydrogen) atoms. The van der Waals surface area contributed by atoms with Crippen molar-refractivity contribution in [1.29, 1.82) is 0 Å². The molecule has 2 atom stereocenters. The van der Waals surface area contributed by atoms with Crippen LogP contribution in [0.15, 0.2) is 30.3 Å². The molecule has 1 aliphatic rings. The molecule has 4 heteroatoms. The van der Waals surface area contributed by atoms with E-state index in [0.29, 0.717) is 31.4 Å². The lowest BCUT2D eigenvalue weighted by molar-refractivity contribution is -0.121. The van der Waals surface area contributed by atoms with Crippen molar-refractivity contribution in [3.05, 3.63) is 30.3 Å². The van der Waals surface area contributed by atoms with E-state index >= 15 is 0 Å². The minimum absolute atomic E-state index is 0.0181. The highest BCUT2D eigenvalue weighted by molar-refractivity contribution is 5.75. The second-order valence-corrected chi connectivity index (χ2v) is 5.35. The van der Waals surface area contributed by atoms with Crippen LogP contribution in [-0.4, -0.2) is 30.8 Å². The standard InChI is InChI=1S/C16H23NO3/c18-12-14-6-4-5-13(14)11-17-16(19)9-10-20-15-7-2-1-3-8-15/h1-3,7-8,13-14,18H,4-6,9-12H2,(H,17,19). The average molecular weight is 277 g/mol. The van der Waals surface area contributed by atoms with Crippen LogP contribution in [0.5, 0.6) is 5.75 Å². The van der Waals surface area contributed by atoms with E-state index in [4.69, 9.17) is 4.74 Å². The Balaban J connectivity index is 1.61. The summed E-state index contributed by atoms with van der Waals surface area (Å²) in [6, 6.07) is 9.50. The molecule has 1 aromatic rings. The first-order valence-electron chi connectivity index (χ1n) is 7.35. The number of aliphatic hydroxyl groups excluding tert-OH is 1. The zero-order valence-corrected chi connectivity index (χ0v) is 11.8. The first-order valence-corrected chi connectivity index (χ1v) is 7.35. The Labute approximate surface area is 120 Å². The van der Waals surface area contributed by atoms with Gasteiger partial charge in [-0.3, -0.25) is 4.79 Å². The summed E-state index contributed by atoms with van der Waals surface area (Å²) >= 11 is 0. The van der Waals surface area contributed by atoms with Crippen molar-refractivity contribution in [3.63, 3.8) is 0 Å². The molecule has 0 heterocycles. The van der Waals surface area contributed by atoms with Gasteiger partial charge in [0.15, 0.2) is 0 Å². The Morgan fingerprint density at radius 3 is 2.75 bits per heavy atom. The van der Waals surface area contributed by atoms with Gasteiger partial charge in [0.05, 0.1) is 13.0 Å². The number of rotatable bonds is 7. The minimum Gasteiger partial charge on any atom is -0.493 e. The highest BCUT2D eigenvalue weighted by Crippen LogP contribution is 2.30. The van der Waals surface area contributed by atoms with E-state index in [9.17, 15) is 9.90 Å². The fourth-order valence-corrected chi connectivity index (χ4v) is 2.73. The van der Waals surface area contributed by atoms with Crippen LogP contribution in [0.3, 0.4) is 0 Å². The number of hydrogen-bond acceptors (Lipinski definition) is 3. The molecule has 0 spiro atoms. The molecule has 0 aliphatic heterocycles. The topological polar surface area (TPSA) is 58.6 Å². The maximum absolute atomic E-state index is 11.7.